The molecule has 2 aromatic rings. The van der Waals surface area contributed by atoms with E-state index in [1.807, 2.05) is 0 Å². The molecule has 2 aromatic heterocycles. The van der Waals surface area contributed by atoms with Crippen LogP contribution in [0.5, 0.6) is 0 Å². The normalized spacial score (nSPS) is 10.5. The fourth-order valence-corrected chi connectivity index (χ4v) is 1.01. The number of carbonyl (C=O) groups is 1. The Labute approximate surface area is 83.5 Å². The summed E-state index contributed by atoms with van der Waals surface area (Å²) in [6, 6.07) is 0. The van der Waals surface area contributed by atoms with Gasteiger partial charge in [-0.25, -0.2) is 4.79 Å². The van der Waals surface area contributed by atoms with E-state index in [1.54, 1.807) is 14.0 Å². The summed E-state index contributed by atoms with van der Waals surface area (Å²) in [5.74, 6) is -1.58. The molecule has 0 unspecified atom stereocenters. The zero-order valence-corrected chi connectivity index (χ0v) is 8.00. The maximum Gasteiger partial charge on any atom is 0.377 e. The first kappa shape index (κ1) is 9.31. The summed E-state index contributed by atoms with van der Waals surface area (Å²) in [5.41, 5.74) is 1.10. The van der Waals surface area contributed by atoms with Gasteiger partial charge in [0.25, 0.3) is 11.7 Å². The summed E-state index contributed by atoms with van der Waals surface area (Å²) in [4.78, 5) is 14.2. The number of hydrogen-bond acceptors (Lipinski definition) is 6. The number of nitrogens with zero attached hydrogens (tertiary/aromatic N) is 5. The molecule has 0 saturated heterocycles. The Bertz CT molecular complexity index is 514. The van der Waals surface area contributed by atoms with Crippen molar-refractivity contribution in [1.82, 2.24) is 25.1 Å². The number of carboxylic acid groups (broad SMARTS) is 1. The van der Waals surface area contributed by atoms with E-state index in [1.165, 1.54) is 4.68 Å². The predicted octanol–water partition coefficient (Wildman–Crippen LogP) is -0.128. The third-order valence-electron chi connectivity index (χ3n) is 1.93. The zero-order chi connectivity index (χ0) is 11.0. The van der Waals surface area contributed by atoms with Crippen molar-refractivity contribution in [2.24, 2.45) is 7.05 Å². The van der Waals surface area contributed by atoms with Gasteiger partial charge in [0.15, 0.2) is 5.69 Å². The number of aryl methyl sites for hydroxylation is 1. The number of hydrogen-bond donors (Lipinski definition) is 1. The molecule has 0 aliphatic rings. The minimum atomic E-state index is -1.24. The van der Waals surface area contributed by atoms with Gasteiger partial charge in [-0.1, -0.05) is 5.21 Å². The highest BCUT2D eigenvalue weighted by molar-refractivity contribution is 5.83. The highest BCUT2D eigenvalue weighted by atomic mass is 16.5. The van der Waals surface area contributed by atoms with Crippen molar-refractivity contribution in [3.05, 3.63) is 11.5 Å². The topological polar surface area (TPSA) is 107 Å². The monoisotopic (exact) mass is 209 g/mol. The molecule has 0 aromatic carbocycles. The molecule has 0 aliphatic heterocycles. The lowest BCUT2D eigenvalue weighted by atomic mass is 10.3. The van der Waals surface area contributed by atoms with Gasteiger partial charge < -0.3 is 9.63 Å². The molecule has 78 valence electrons. The van der Waals surface area contributed by atoms with E-state index in [9.17, 15) is 4.79 Å². The summed E-state index contributed by atoms with van der Waals surface area (Å²) in [6.45, 7) is 1.76. The molecule has 0 saturated carbocycles. The molecule has 0 fully saturated rings. The van der Waals surface area contributed by atoms with E-state index in [0.29, 0.717) is 5.69 Å². The third-order valence-corrected chi connectivity index (χ3v) is 1.93. The zero-order valence-electron chi connectivity index (χ0n) is 8.00. The average Bonchev–Trinajstić information content (AvgIpc) is 2.76. The van der Waals surface area contributed by atoms with Crippen LogP contribution in [-0.2, 0) is 7.05 Å². The molecule has 0 spiro atoms. The highest BCUT2D eigenvalue weighted by Gasteiger charge is 2.18. The molecule has 15 heavy (non-hydrogen) atoms. The Kier molecular flexibility index (Phi) is 1.96. The van der Waals surface area contributed by atoms with Crippen LogP contribution in [0.3, 0.4) is 0 Å². The Balaban J connectivity index is 2.46. The first-order chi connectivity index (χ1) is 7.09. The van der Waals surface area contributed by atoms with Crippen molar-refractivity contribution in [3.8, 4) is 11.6 Å². The third kappa shape index (κ3) is 1.45. The fraction of sp³-hybridized carbons (Fsp3) is 0.286. The molecule has 0 radical (unpaired) electrons. The molecule has 0 atom stereocenters. The lowest BCUT2D eigenvalue weighted by Gasteiger charge is -1.90. The first-order valence-corrected chi connectivity index (χ1v) is 4.03. The SMILES string of the molecule is Cc1c(-c2nc(C(=O)O)no2)nnn1C. The highest BCUT2D eigenvalue weighted by Crippen LogP contribution is 2.17. The van der Waals surface area contributed by atoms with Gasteiger partial charge in [0.2, 0.25) is 0 Å². The van der Waals surface area contributed by atoms with Gasteiger partial charge in [0, 0.05) is 7.05 Å². The summed E-state index contributed by atoms with van der Waals surface area (Å²) in [6.07, 6.45) is 0. The first-order valence-electron chi connectivity index (χ1n) is 4.03. The Morgan fingerprint density at radius 2 is 2.27 bits per heavy atom. The predicted molar refractivity (Wildman–Crippen MR) is 46.0 cm³/mol. The maximum atomic E-state index is 10.5. The van der Waals surface area contributed by atoms with Gasteiger partial charge >= 0.3 is 5.97 Å². The molecule has 2 heterocycles. The number of rotatable bonds is 2. The molecule has 8 nitrogen and oxygen atoms in total. The van der Waals surface area contributed by atoms with Crippen LogP contribution >= 0.6 is 0 Å². The number of aromatic nitrogens is 5. The van der Waals surface area contributed by atoms with Crippen LogP contribution < -0.4 is 0 Å². The average molecular weight is 209 g/mol. The Morgan fingerprint density at radius 3 is 2.73 bits per heavy atom. The van der Waals surface area contributed by atoms with Gasteiger partial charge in [0.05, 0.1) is 5.69 Å². The minimum Gasteiger partial charge on any atom is -0.475 e. The van der Waals surface area contributed by atoms with E-state index in [0.717, 1.165) is 5.69 Å². The Hall–Kier alpha value is -2.25. The van der Waals surface area contributed by atoms with Crippen LogP contribution in [0.2, 0.25) is 0 Å². The van der Waals surface area contributed by atoms with E-state index >= 15 is 0 Å². The largest absolute Gasteiger partial charge is 0.475 e. The van der Waals surface area contributed by atoms with Crippen LogP contribution in [0.15, 0.2) is 4.52 Å². The van der Waals surface area contributed by atoms with E-state index < -0.39 is 11.8 Å². The second-order valence-electron chi connectivity index (χ2n) is 2.88. The fourth-order valence-electron chi connectivity index (χ4n) is 1.01. The van der Waals surface area contributed by atoms with Gasteiger partial charge in [-0.3, -0.25) is 4.68 Å². The summed E-state index contributed by atoms with van der Waals surface area (Å²) in [5, 5.41) is 19.4. The van der Waals surface area contributed by atoms with E-state index in [4.69, 9.17) is 9.63 Å². The molecule has 1 N–H and O–H groups in total. The summed E-state index contributed by atoms with van der Waals surface area (Å²) < 4.78 is 6.28. The molecule has 0 bridgehead atoms. The van der Waals surface area contributed by atoms with E-state index in [2.05, 4.69) is 20.5 Å². The van der Waals surface area contributed by atoms with Gasteiger partial charge in [0.1, 0.15) is 0 Å². The van der Waals surface area contributed by atoms with Crippen LogP contribution in [0, 0.1) is 6.92 Å². The minimum absolute atomic E-state index is 0.0537. The maximum absolute atomic E-state index is 10.5. The van der Waals surface area contributed by atoms with Crippen LogP contribution in [0.1, 0.15) is 16.3 Å². The Morgan fingerprint density at radius 1 is 1.53 bits per heavy atom. The molecular weight excluding hydrogens is 202 g/mol. The van der Waals surface area contributed by atoms with Gasteiger partial charge in [-0.15, -0.1) is 5.10 Å². The van der Waals surface area contributed by atoms with Crippen LogP contribution in [0.25, 0.3) is 11.6 Å². The van der Waals surface area contributed by atoms with Crippen molar-refractivity contribution in [2.75, 3.05) is 0 Å². The standard InChI is InChI=1S/C7H7N5O3/c1-3-4(9-11-12(3)2)6-8-5(7(13)14)10-15-6/h1-2H3,(H,13,14). The quantitative estimate of drug-likeness (QED) is 0.733. The lowest BCUT2D eigenvalue weighted by Crippen LogP contribution is -1.98. The molecule has 2 rings (SSSR count). The smallest absolute Gasteiger partial charge is 0.377 e. The van der Waals surface area contributed by atoms with Crippen molar-refractivity contribution in [2.45, 2.75) is 6.92 Å². The second kappa shape index (κ2) is 3.15. The van der Waals surface area contributed by atoms with Crippen molar-refractivity contribution in [3.63, 3.8) is 0 Å². The summed E-state index contributed by atoms with van der Waals surface area (Å²) >= 11 is 0. The van der Waals surface area contributed by atoms with Crippen LogP contribution in [-0.4, -0.2) is 36.2 Å². The summed E-state index contributed by atoms with van der Waals surface area (Å²) in [7, 11) is 1.71. The van der Waals surface area contributed by atoms with Crippen molar-refractivity contribution in [1.29, 1.82) is 0 Å². The van der Waals surface area contributed by atoms with Crippen molar-refractivity contribution < 1.29 is 14.4 Å². The van der Waals surface area contributed by atoms with Gasteiger partial charge in [-0.05, 0) is 12.1 Å². The van der Waals surface area contributed by atoms with E-state index in [-0.39, 0.29) is 5.89 Å². The number of carboxylic acids is 1. The molecule has 0 aliphatic carbocycles. The second-order valence-corrected chi connectivity index (χ2v) is 2.88. The molecule has 0 amide bonds. The van der Waals surface area contributed by atoms with Crippen molar-refractivity contribution >= 4 is 5.97 Å². The molecule has 8 heteroatoms. The van der Waals surface area contributed by atoms with Crippen LogP contribution in [0.4, 0.5) is 0 Å². The number of aromatic carboxylic acids is 1. The molecular formula is C7H7N5O3. The lowest BCUT2D eigenvalue weighted by molar-refractivity contribution is 0.0680. The van der Waals surface area contributed by atoms with Gasteiger partial charge in [-0.2, -0.15) is 4.98 Å².